The Morgan fingerprint density at radius 3 is 2.68 bits per heavy atom. The predicted molar refractivity (Wildman–Crippen MR) is 76.8 cm³/mol. The molecule has 0 aromatic heterocycles. The zero-order chi connectivity index (χ0) is 13.8. The van der Waals surface area contributed by atoms with Crippen molar-refractivity contribution in [1.82, 2.24) is 0 Å². The Morgan fingerprint density at radius 1 is 1.16 bits per heavy atom. The maximum Gasteiger partial charge on any atom is 0.0720 e. The molecule has 0 spiro atoms. The first-order valence-corrected chi connectivity index (χ1v) is 6.90. The van der Waals surface area contributed by atoms with E-state index >= 15 is 0 Å². The Kier molecular flexibility index (Phi) is 8.98. The van der Waals surface area contributed by atoms with E-state index in [2.05, 4.69) is 12.1 Å². The Labute approximate surface area is 115 Å². The van der Waals surface area contributed by atoms with Gasteiger partial charge in [0, 0.05) is 13.2 Å². The highest BCUT2D eigenvalue weighted by atomic mass is 16.5. The second kappa shape index (κ2) is 10.7. The molecule has 1 aromatic carbocycles. The van der Waals surface area contributed by atoms with Crippen LogP contribution in [0.25, 0.3) is 0 Å². The summed E-state index contributed by atoms with van der Waals surface area (Å²) in [6.07, 6.45) is 6.42. The third-order valence-electron chi connectivity index (χ3n) is 2.80. The molecule has 0 radical (unpaired) electrons. The molecule has 2 N–H and O–H groups in total. The van der Waals surface area contributed by atoms with E-state index < -0.39 is 6.10 Å². The first-order chi connectivity index (χ1) is 9.33. The van der Waals surface area contributed by atoms with Crippen molar-refractivity contribution in [2.45, 2.75) is 38.4 Å². The summed E-state index contributed by atoms with van der Waals surface area (Å²) in [5, 5.41) is 18.2. The molecule has 1 unspecified atom stereocenters. The summed E-state index contributed by atoms with van der Waals surface area (Å²) < 4.78 is 5.57. The molecule has 0 saturated carbocycles. The lowest BCUT2D eigenvalue weighted by Gasteiger charge is -2.06. The highest BCUT2D eigenvalue weighted by Crippen LogP contribution is 2.05. The Bertz CT molecular complexity index is 335. The second-order valence-corrected chi connectivity index (χ2v) is 4.54. The monoisotopic (exact) mass is 264 g/mol. The number of aliphatic hydroxyl groups is 2. The Balaban J connectivity index is 1.96. The van der Waals surface area contributed by atoms with Crippen molar-refractivity contribution in [2.24, 2.45) is 0 Å². The summed E-state index contributed by atoms with van der Waals surface area (Å²) >= 11 is 0. The molecule has 106 valence electrons. The van der Waals surface area contributed by atoms with Crippen LogP contribution >= 0.6 is 0 Å². The maximum absolute atomic E-state index is 9.60. The quantitative estimate of drug-likeness (QED) is 0.504. The van der Waals surface area contributed by atoms with Crippen LogP contribution in [0.4, 0.5) is 0 Å². The van der Waals surface area contributed by atoms with Gasteiger partial charge in [0.25, 0.3) is 0 Å². The molecule has 0 saturated heterocycles. The van der Waals surface area contributed by atoms with Gasteiger partial charge in [0.2, 0.25) is 0 Å². The Hall–Kier alpha value is -1.16. The smallest absolute Gasteiger partial charge is 0.0720 e. The molecular weight excluding hydrogens is 240 g/mol. The first-order valence-electron chi connectivity index (χ1n) is 6.90. The molecule has 19 heavy (non-hydrogen) atoms. The molecule has 0 fully saturated rings. The molecule has 0 aliphatic rings. The van der Waals surface area contributed by atoms with Crippen molar-refractivity contribution < 1.29 is 14.9 Å². The lowest BCUT2D eigenvalue weighted by Crippen LogP contribution is -2.03. The lowest BCUT2D eigenvalue weighted by molar-refractivity contribution is 0.113. The highest BCUT2D eigenvalue weighted by Gasteiger charge is 1.99. The van der Waals surface area contributed by atoms with Crippen LogP contribution in [-0.4, -0.2) is 29.5 Å². The third kappa shape index (κ3) is 8.54. The van der Waals surface area contributed by atoms with Crippen LogP contribution in [0.2, 0.25) is 0 Å². The van der Waals surface area contributed by atoms with Crippen LogP contribution in [-0.2, 0) is 11.3 Å². The molecule has 1 aromatic rings. The van der Waals surface area contributed by atoms with E-state index in [-0.39, 0.29) is 6.61 Å². The zero-order valence-electron chi connectivity index (χ0n) is 11.4. The zero-order valence-corrected chi connectivity index (χ0v) is 11.4. The summed E-state index contributed by atoms with van der Waals surface area (Å²) in [4.78, 5) is 0. The van der Waals surface area contributed by atoms with E-state index in [1.54, 1.807) is 6.08 Å². The summed E-state index contributed by atoms with van der Waals surface area (Å²) in [7, 11) is 0. The van der Waals surface area contributed by atoms with E-state index in [1.165, 1.54) is 5.56 Å². The van der Waals surface area contributed by atoms with Gasteiger partial charge < -0.3 is 14.9 Å². The molecular formula is C16H24O3. The van der Waals surface area contributed by atoms with E-state index in [9.17, 15) is 5.11 Å². The molecule has 3 heteroatoms. The number of benzene rings is 1. The predicted octanol–water partition coefficient (Wildman–Crippen LogP) is 2.67. The molecule has 0 bridgehead atoms. The minimum Gasteiger partial charge on any atom is -0.396 e. The van der Waals surface area contributed by atoms with E-state index in [0.717, 1.165) is 25.9 Å². The number of hydrogen-bond donors (Lipinski definition) is 2. The summed E-state index contributed by atoms with van der Waals surface area (Å²) in [6.45, 7) is 1.51. The van der Waals surface area contributed by atoms with Gasteiger partial charge in [-0.1, -0.05) is 42.5 Å². The number of unbranched alkanes of at least 4 members (excludes halogenated alkanes) is 1. The van der Waals surface area contributed by atoms with Gasteiger partial charge in [-0.15, -0.1) is 0 Å². The first kappa shape index (κ1) is 15.9. The average Bonchev–Trinajstić information content (AvgIpc) is 2.44. The molecule has 3 nitrogen and oxygen atoms in total. The van der Waals surface area contributed by atoms with E-state index in [4.69, 9.17) is 9.84 Å². The van der Waals surface area contributed by atoms with Gasteiger partial charge in [0.1, 0.15) is 0 Å². The van der Waals surface area contributed by atoms with Gasteiger partial charge in [0.15, 0.2) is 0 Å². The van der Waals surface area contributed by atoms with Gasteiger partial charge in [-0.05, 0) is 31.2 Å². The van der Waals surface area contributed by atoms with Crippen molar-refractivity contribution in [3.63, 3.8) is 0 Å². The molecule has 1 atom stereocenters. The molecule has 0 amide bonds. The molecule has 1 rings (SSSR count). The second-order valence-electron chi connectivity index (χ2n) is 4.54. The average molecular weight is 264 g/mol. The normalized spacial score (nSPS) is 12.9. The largest absolute Gasteiger partial charge is 0.396 e. The van der Waals surface area contributed by atoms with Crippen LogP contribution in [0.3, 0.4) is 0 Å². The highest BCUT2D eigenvalue weighted by molar-refractivity contribution is 5.13. The van der Waals surface area contributed by atoms with Crippen LogP contribution in [0.5, 0.6) is 0 Å². The van der Waals surface area contributed by atoms with Crippen molar-refractivity contribution in [3.05, 3.63) is 48.0 Å². The topological polar surface area (TPSA) is 49.7 Å². The van der Waals surface area contributed by atoms with Gasteiger partial charge in [-0.2, -0.15) is 0 Å². The van der Waals surface area contributed by atoms with E-state index in [0.29, 0.717) is 13.0 Å². The van der Waals surface area contributed by atoms with Gasteiger partial charge in [-0.3, -0.25) is 0 Å². The number of hydrogen-bond acceptors (Lipinski definition) is 3. The number of aliphatic hydroxyl groups excluding tert-OH is 2. The van der Waals surface area contributed by atoms with Crippen LogP contribution < -0.4 is 0 Å². The van der Waals surface area contributed by atoms with Crippen LogP contribution in [0.1, 0.15) is 31.2 Å². The van der Waals surface area contributed by atoms with E-state index in [1.807, 2.05) is 24.3 Å². The summed E-state index contributed by atoms with van der Waals surface area (Å²) in [5.41, 5.74) is 1.19. The lowest BCUT2D eigenvalue weighted by atomic mass is 10.1. The van der Waals surface area contributed by atoms with Crippen molar-refractivity contribution in [1.29, 1.82) is 0 Å². The fraction of sp³-hybridized carbons (Fsp3) is 0.500. The molecule has 0 heterocycles. The minimum atomic E-state index is -0.402. The summed E-state index contributed by atoms with van der Waals surface area (Å²) in [6, 6.07) is 10.1. The third-order valence-corrected chi connectivity index (χ3v) is 2.80. The van der Waals surface area contributed by atoms with Crippen LogP contribution in [0, 0.1) is 0 Å². The number of rotatable bonds is 10. The summed E-state index contributed by atoms with van der Waals surface area (Å²) in [5.74, 6) is 0. The van der Waals surface area contributed by atoms with Crippen LogP contribution in [0.15, 0.2) is 42.5 Å². The minimum absolute atomic E-state index is 0.135. The van der Waals surface area contributed by atoms with Gasteiger partial charge in [-0.25, -0.2) is 0 Å². The number of ether oxygens (including phenoxy) is 1. The SMILES string of the molecule is OCC/C=C/C(O)CCCCOCc1ccccc1. The fourth-order valence-electron chi connectivity index (χ4n) is 1.75. The standard InChI is InChI=1S/C16H24O3/c17-12-6-4-10-16(18)11-5-7-13-19-14-15-8-2-1-3-9-15/h1-4,8-10,16-18H,5-7,11-14H2/b10-4+. The molecule has 0 aliphatic carbocycles. The van der Waals surface area contributed by atoms with Crippen molar-refractivity contribution in [2.75, 3.05) is 13.2 Å². The van der Waals surface area contributed by atoms with Crippen molar-refractivity contribution in [3.8, 4) is 0 Å². The maximum atomic E-state index is 9.60. The van der Waals surface area contributed by atoms with Gasteiger partial charge in [0.05, 0.1) is 12.7 Å². The molecule has 0 aliphatic heterocycles. The van der Waals surface area contributed by atoms with Gasteiger partial charge >= 0.3 is 0 Å². The van der Waals surface area contributed by atoms with Crippen molar-refractivity contribution >= 4 is 0 Å². The Morgan fingerprint density at radius 2 is 1.95 bits per heavy atom. The fourth-order valence-corrected chi connectivity index (χ4v) is 1.75.